The highest BCUT2D eigenvalue weighted by atomic mass is 15.3. The molecule has 0 saturated carbocycles. The zero-order valence-corrected chi connectivity index (χ0v) is 12.4. The van der Waals surface area contributed by atoms with Crippen LogP contribution in [-0.2, 0) is 12.8 Å². The number of benzene rings is 2. The number of nitrogens with zero attached hydrogens (tertiary/aromatic N) is 2. The summed E-state index contributed by atoms with van der Waals surface area (Å²) in [5.74, 6) is 0. The third-order valence-electron chi connectivity index (χ3n) is 3.90. The van der Waals surface area contributed by atoms with E-state index in [2.05, 4.69) is 66.9 Å². The van der Waals surface area contributed by atoms with Gasteiger partial charge in [0.1, 0.15) is 0 Å². The molecule has 3 rings (SSSR count). The molecule has 0 radical (unpaired) electrons. The maximum atomic E-state index is 4.64. The van der Waals surface area contributed by atoms with Gasteiger partial charge in [-0.15, -0.1) is 0 Å². The third kappa shape index (κ3) is 2.01. The molecule has 0 bridgehead atoms. The first-order valence-corrected chi connectivity index (χ1v) is 7.30. The molecule has 0 atom stereocenters. The number of aromatic nitrogens is 2. The van der Waals surface area contributed by atoms with Crippen LogP contribution in [0, 0.1) is 6.92 Å². The van der Waals surface area contributed by atoms with Gasteiger partial charge in [0.25, 0.3) is 0 Å². The third-order valence-corrected chi connectivity index (χ3v) is 3.90. The molecule has 2 nitrogen and oxygen atoms in total. The van der Waals surface area contributed by atoms with Crippen LogP contribution in [0.25, 0.3) is 16.6 Å². The number of hydrogen-bond acceptors (Lipinski definition) is 1. The SMILES string of the molecule is CCc1cccc(CC)c1-n1ncc2cc(C)ccc21. The monoisotopic (exact) mass is 264 g/mol. The van der Waals surface area contributed by atoms with Crippen molar-refractivity contribution in [2.75, 3.05) is 0 Å². The van der Waals surface area contributed by atoms with Crippen LogP contribution in [0.5, 0.6) is 0 Å². The van der Waals surface area contributed by atoms with Crippen LogP contribution in [0.2, 0.25) is 0 Å². The second-order valence-corrected chi connectivity index (χ2v) is 5.25. The molecule has 20 heavy (non-hydrogen) atoms. The second kappa shape index (κ2) is 5.12. The van der Waals surface area contributed by atoms with Crippen LogP contribution >= 0.6 is 0 Å². The minimum atomic E-state index is 1.02. The van der Waals surface area contributed by atoms with E-state index in [0.717, 1.165) is 12.8 Å². The summed E-state index contributed by atoms with van der Waals surface area (Å²) in [5, 5.41) is 5.85. The predicted molar refractivity (Wildman–Crippen MR) is 84.6 cm³/mol. The molecule has 0 amide bonds. The zero-order valence-electron chi connectivity index (χ0n) is 12.4. The quantitative estimate of drug-likeness (QED) is 0.683. The summed E-state index contributed by atoms with van der Waals surface area (Å²) in [6.07, 6.45) is 4.01. The molecule has 0 aliphatic rings. The Morgan fingerprint density at radius 3 is 2.35 bits per heavy atom. The molecule has 2 heteroatoms. The van der Waals surface area contributed by atoms with Gasteiger partial charge in [-0.3, -0.25) is 0 Å². The van der Waals surface area contributed by atoms with E-state index < -0.39 is 0 Å². The van der Waals surface area contributed by atoms with Crippen molar-refractivity contribution in [1.82, 2.24) is 9.78 Å². The summed E-state index contributed by atoms with van der Waals surface area (Å²) in [6, 6.07) is 13.1. The Balaban J connectivity index is 2.30. The molecular weight excluding hydrogens is 244 g/mol. The van der Waals surface area contributed by atoms with Gasteiger partial charge in [-0.05, 0) is 43.0 Å². The Bertz CT molecular complexity index is 731. The van der Waals surface area contributed by atoms with Crippen molar-refractivity contribution in [3.05, 3.63) is 59.3 Å². The van der Waals surface area contributed by atoms with Gasteiger partial charge in [0.2, 0.25) is 0 Å². The molecule has 0 fully saturated rings. The maximum absolute atomic E-state index is 4.64. The first-order chi connectivity index (χ1) is 9.74. The van der Waals surface area contributed by atoms with Crippen LogP contribution in [0.4, 0.5) is 0 Å². The largest absolute Gasteiger partial charge is 0.233 e. The van der Waals surface area contributed by atoms with Crippen molar-refractivity contribution >= 4 is 10.9 Å². The van der Waals surface area contributed by atoms with Gasteiger partial charge in [0.05, 0.1) is 17.4 Å². The van der Waals surface area contributed by atoms with Crippen molar-refractivity contribution in [1.29, 1.82) is 0 Å². The van der Waals surface area contributed by atoms with Crippen molar-refractivity contribution < 1.29 is 0 Å². The molecule has 2 aromatic carbocycles. The van der Waals surface area contributed by atoms with Gasteiger partial charge >= 0.3 is 0 Å². The normalized spacial score (nSPS) is 11.2. The number of hydrogen-bond donors (Lipinski definition) is 0. The molecule has 0 saturated heterocycles. The average Bonchev–Trinajstić information content (AvgIpc) is 2.88. The van der Waals surface area contributed by atoms with Crippen LogP contribution in [0.3, 0.4) is 0 Å². The van der Waals surface area contributed by atoms with E-state index in [-0.39, 0.29) is 0 Å². The van der Waals surface area contributed by atoms with Gasteiger partial charge in [0.15, 0.2) is 0 Å². The maximum Gasteiger partial charge on any atom is 0.0741 e. The van der Waals surface area contributed by atoms with Gasteiger partial charge in [-0.25, -0.2) is 4.68 Å². The molecule has 3 aromatic rings. The summed E-state index contributed by atoms with van der Waals surface area (Å²) >= 11 is 0. The Kier molecular flexibility index (Phi) is 3.31. The number of para-hydroxylation sites is 1. The Morgan fingerprint density at radius 1 is 1.00 bits per heavy atom. The highest BCUT2D eigenvalue weighted by Gasteiger charge is 2.12. The molecule has 0 spiro atoms. The fourth-order valence-electron chi connectivity index (χ4n) is 2.82. The summed E-state index contributed by atoms with van der Waals surface area (Å²) in [6.45, 7) is 6.52. The minimum Gasteiger partial charge on any atom is -0.233 e. The molecule has 0 N–H and O–H groups in total. The Morgan fingerprint density at radius 2 is 1.70 bits per heavy atom. The molecule has 1 heterocycles. The van der Waals surface area contributed by atoms with E-state index in [1.165, 1.54) is 33.3 Å². The molecular formula is C18H20N2. The number of aryl methyl sites for hydroxylation is 3. The van der Waals surface area contributed by atoms with Gasteiger partial charge in [-0.2, -0.15) is 5.10 Å². The zero-order chi connectivity index (χ0) is 14.1. The minimum absolute atomic E-state index is 1.02. The van der Waals surface area contributed by atoms with Gasteiger partial charge in [0, 0.05) is 5.39 Å². The van der Waals surface area contributed by atoms with Crippen molar-refractivity contribution in [3.8, 4) is 5.69 Å². The van der Waals surface area contributed by atoms with Crippen molar-refractivity contribution in [2.45, 2.75) is 33.6 Å². The van der Waals surface area contributed by atoms with E-state index in [0.29, 0.717) is 0 Å². The van der Waals surface area contributed by atoms with E-state index in [1.54, 1.807) is 0 Å². The molecule has 0 unspecified atom stereocenters. The highest BCUT2D eigenvalue weighted by molar-refractivity contribution is 5.81. The highest BCUT2D eigenvalue weighted by Crippen LogP contribution is 2.25. The summed E-state index contributed by atoms with van der Waals surface area (Å²) in [7, 11) is 0. The lowest BCUT2D eigenvalue weighted by atomic mass is 10.0. The van der Waals surface area contributed by atoms with Crippen LogP contribution in [0.15, 0.2) is 42.6 Å². The predicted octanol–water partition coefficient (Wildman–Crippen LogP) is 4.46. The lowest BCUT2D eigenvalue weighted by Gasteiger charge is -2.14. The molecule has 1 aromatic heterocycles. The van der Waals surface area contributed by atoms with Gasteiger partial charge in [-0.1, -0.05) is 43.7 Å². The summed E-state index contributed by atoms with van der Waals surface area (Å²) in [5.41, 5.74) is 6.43. The van der Waals surface area contributed by atoms with Crippen LogP contribution in [0.1, 0.15) is 30.5 Å². The Labute approximate surface area is 120 Å². The van der Waals surface area contributed by atoms with Crippen molar-refractivity contribution in [3.63, 3.8) is 0 Å². The summed E-state index contributed by atoms with van der Waals surface area (Å²) in [4.78, 5) is 0. The first kappa shape index (κ1) is 12.9. The lowest BCUT2D eigenvalue weighted by Crippen LogP contribution is -2.05. The van der Waals surface area contributed by atoms with E-state index >= 15 is 0 Å². The van der Waals surface area contributed by atoms with Crippen LogP contribution in [-0.4, -0.2) is 9.78 Å². The standard InChI is InChI=1S/C18H20N2/c1-4-14-7-6-8-15(5-2)18(14)20-17-10-9-13(3)11-16(17)12-19-20/h6-12H,4-5H2,1-3H3. The van der Waals surface area contributed by atoms with E-state index in [4.69, 9.17) is 0 Å². The van der Waals surface area contributed by atoms with Crippen LogP contribution < -0.4 is 0 Å². The Hall–Kier alpha value is -2.09. The topological polar surface area (TPSA) is 17.8 Å². The molecule has 0 aliphatic heterocycles. The lowest BCUT2D eigenvalue weighted by molar-refractivity contribution is 0.870. The second-order valence-electron chi connectivity index (χ2n) is 5.25. The molecule has 0 aliphatic carbocycles. The van der Waals surface area contributed by atoms with E-state index in [1.807, 2.05) is 6.20 Å². The van der Waals surface area contributed by atoms with E-state index in [9.17, 15) is 0 Å². The average molecular weight is 264 g/mol. The fourth-order valence-corrected chi connectivity index (χ4v) is 2.82. The van der Waals surface area contributed by atoms with Gasteiger partial charge < -0.3 is 0 Å². The summed E-state index contributed by atoms with van der Waals surface area (Å²) < 4.78 is 2.10. The first-order valence-electron chi connectivity index (χ1n) is 7.30. The fraction of sp³-hybridized carbons (Fsp3) is 0.278. The smallest absolute Gasteiger partial charge is 0.0741 e. The molecule has 102 valence electrons. The number of rotatable bonds is 3. The van der Waals surface area contributed by atoms with Crippen molar-refractivity contribution in [2.24, 2.45) is 0 Å². The number of fused-ring (bicyclic) bond motifs is 1.